The Hall–Kier alpha value is -3.15. The fourth-order valence-corrected chi connectivity index (χ4v) is 7.53. The van der Waals surface area contributed by atoms with Gasteiger partial charge in [0, 0.05) is 19.3 Å². The largest absolute Gasteiger partial charge is 0.462 e. The molecule has 1 atom stereocenters. The van der Waals surface area contributed by atoms with E-state index in [0.29, 0.717) is 19.3 Å². The van der Waals surface area contributed by atoms with Gasteiger partial charge in [0.05, 0.1) is 0 Å². The van der Waals surface area contributed by atoms with E-state index in [2.05, 4.69) is 93.7 Å². The lowest BCUT2D eigenvalue weighted by atomic mass is 10.0. The van der Waals surface area contributed by atoms with Crippen molar-refractivity contribution in [2.45, 2.75) is 271 Å². The molecule has 0 aliphatic rings. The zero-order valence-corrected chi connectivity index (χ0v) is 42.7. The topological polar surface area (TPSA) is 78.9 Å². The van der Waals surface area contributed by atoms with Crippen molar-refractivity contribution in [3.63, 3.8) is 0 Å². The fourth-order valence-electron chi connectivity index (χ4n) is 7.53. The van der Waals surface area contributed by atoms with E-state index in [9.17, 15) is 14.4 Å². The van der Waals surface area contributed by atoms with Crippen molar-refractivity contribution in [2.24, 2.45) is 0 Å². The lowest BCUT2D eigenvalue weighted by molar-refractivity contribution is -0.167. The first kappa shape index (κ1) is 61.9. The van der Waals surface area contributed by atoms with Crippen molar-refractivity contribution >= 4 is 17.9 Å². The van der Waals surface area contributed by atoms with Crippen LogP contribution >= 0.6 is 0 Å². The molecule has 0 aromatic carbocycles. The van der Waals surface area contributed by atoms with Crippen LogP contribution in [0.2, 0.25) is 0 Å². The van der Waals surface area contributed by atoms with Crippen molar-refractivity contribution in [1.29, 1.82) is 0 Å². The predicted molar refractivity (Wildman–Crippen MR) is 279 cm³/mol. The monoisotopic (exact) mass is 907 g/mol. The number of esters is 3. The van der Waals surface area contributed by atoms with E-state index in [1.807, 2.05) is 0 Å². The molecular weight excluding hydrogens is 805 g/mol. The van der Waals surface area contributed by atoms with E-state index in [-0.39, 0.29) is 37.5 Å². The van der Waals surface area contributed by atoms with E-state index in [4.69, 9.17) is 14.2 Å². The molecule has 0 saturated heterocycles. The SMILES string of the molecule is CC/C=C\C/C=C\C/C=C\C/C=C\CCCCC(=O)O[C@@H](COC(=O)CCCCCCC/C=C\CCCC)COC(=O)CCCCCCCCCCCCC/C=C\CCCCCCCC. The minimum absolute atomic E-state index is 0.0946. The van der Waals surface area contributed by atoms with Crippen molar-refractivity contribution in [2.75, 3.05) is 13.2 Å². The Morgan fingerprint density at radius 2 is 0.615 bits per heavy atom. The molecule has 374 valence electrons. The molecule has 65 heavy (non-hydrogen) atoms. The van der Waals surface area contributed by atoms with Gasteiger partial charge in [0.15, 0.2) is 6.10 Å². The quantitative estimate of drug-likeness (QED) is 0.0262. The number of carbonyl (C=O) groups is 3. The van der Waals surface area contributed by atoms with Crippen molar-refractivity contribution in [1.82, 2.24) is 0 Å². The fraction of sp³-hybridized carbons (Fsp3) is 0.746. The van der Waals surface area contributed by atoms with Crippen LogP contribution in [0.3, 0.4) is 0 Å². The van der Waals surface area contributed by atoms with E-state index < -0.39 is 6.10 Å². The third-order valence-corrected chi connectivity index (χ3v) is 11.7. The molecule has 0 aliphatic carbocycles. The van der Waals surface area contributed by atoms with Gasteiger partial charge in [0.1, 0.15) is 13.2 Å². The molecule has 0 bridgehead atoms. The summed E-state index contributed by atoms with van der Waals surface area (Å²) < 4.78 is 16.8. The smallest absolute Gasteiger partial charge is 0.306 e. The molecule has 6 nitrogen and oxygen atoms in total. The number of unbranched alkanes of at least 4 members (excludes halogenated alkanes) is 26. The lowest BCUT2D eigenvalue weighted by Crippen LogP contribution is -2.30. The molecule has 0 spiro atoms. The number of hydrogen-bond acceptors (Lipinski definition) is 6. The highest BCUT2D eigenvalue weighted by atomic mass is 16.6. The second kappa shape index (κ2) is 53.5. The minimum atomic E-state index is -0.799. The molecule has 0 saturated carbocycles. The van der Waals surface area contributed by atoms with Gasteiger partial charge in [0.2, 0.25) is 0 Å². The van der Waals surface area contributed by atoms with Gasteiger partial charge < -0.3 is 14.2 Å². The number of hydrogen-bond donors (Lipinski definition) is 0. The summed E-state index contributed by atoms with van der Waals surface area (Å²) in [6, 6.07) is 0. The molecule has 0 fully saturated rings. The molecule has 0 rings (SSSR count). The van der Waals surface area contributed by atoms with Crippen LogP contribution in [-0.4, -0.2) is 37.2 Å². The molecule has 0 heterocycles. The van der Waals surface area contributed by atoms with E-state index in [1.54, 1.807) is 0 Å². The van der Waals surface area contributed by atoms with Crippen LogP contribution in [0.4, 0.5) is 0 Å². The number of carbonyl (C=O) groups excluding carboxylic acids is 3. The first-order valence-electron chi connectivity index (χ1n) is 27.4. The van der Waals surface area contributed by atoms with Gasteiger partial charge in [-0.3, -0.25) is 14.4 Å². The van der Waals surface area contributed by atoms with Gasteiger partial charge in [-0.2, -0.15) is 0 Å². The zero-order chi connectivity index (χ0) is 47.2. The van der Waals surface area contributed by atoms with Gasteiger partial charge >= 0.3 is 17.9 Å². The Morgan fingerprint density at radius 1 is 0.323 bits per heavy atom. The number of rotatable bonds is 49. The maximum absolute atomic E-state index is 12.8. The van der Waals surface area contributed by atoms with Crippen LogP contribution in [0.25, 0.3) is 0 Å². The summed E-state index contributed by atoms with van der Waals surface area (Å²) in [5.74, 6) is -0.944. The Bertz CT molecular complexity index is 1230. The van der Waals surface area contributed by atoms with Crippen LogP contribution < -0.4 is 0 Å². The normalized spacial score (nSPS) is 12.6. The van der Waals surface area contributed by atoms with Crippen molar-refractivity contribution in [3.8, 4) is 0 Å². The van der Waals surface area contributed by atoms with E-state index in [0.717, 1.165) is 89.9 Å². The molecule has 6 heteroatoms. The third-order valence-electron chi connectivity index (χ3n) is 11.7. The maximum Gasteiger partial charge on any atom is 0.306 e. The molecule has 0 aromatic rings. The summed E-state index contributed by atoms with van der Waals surface area (Å²) in [7, 11) is 0. The van der Waals surface area contributed by atoms with Crippen LogP contribution in [0, 0.1) is 0 Å². The Morgan fingerprint density at radius 3 is 1.03 bits per heavy atom. The van der Waals surface area contributed by atoms with E-state index >= 15 is 0 Å². The molecule has 0 aliphatic heterocycles. The summed E-state index contributed by atoms with van der Waals surface area (Å²) in [4.78, 5) is 38.0. The first-order chi connectivity index (χ1) is 32.0. The highest BCUT2D eigenvalue weighted by Gasteiger charge is 2.19. The van der Waals surface area contributed by atoms with Crippen molar-refractivity contribution < 1.29 is 28.6 Å². The average Bonchev–Trinajstić information content (AvgIpc) is 3.30. The molecular formula is C59H102O6. The second-order valence-corrected chi connectivity index (χ2v) is 18.1. The van der Waals surface area contributed by atoms with Crippen LogP contribution in [0.1, 0.15) is 265 Å². The third kappa shape index (κ3) is 51.7. The first-order valence-corrected chi connectivity index (χ1v) is 27.4. The average molecular weight is 907 g/mol. The van der Waals surface area contributed by atoms with E-state index in [1.165, 1.54) is 128 Å². The maximum atomic E-state index is 12.8. The predicted octanol–water partition coefficient (Wildman–Crippen LogP) is 18.2. The summed E-state index contributed by atoms with van der Waals surface area (Å²) in [5.41, 5.74) is 0. The summed E-state index contributed by atoms with van der Waals surface area (Å²) in [6.07, 6.45) is 67.6. The summed E-state index contributed by atoms with van der Waals surface area (Å²) in [6.45, 7) is 6.45. The van der Waals surface area contributed by atoms with Crippen LogP contribution in [0.5, 0.6) is 0 Å². The van der Waals surface area contributed by atoms with Gasteiger partial charge in [-0.25, -0.2) is 0 Å². The Balaban J connectivity index is 4.35. The lowest BCUT2D eigenvalue weighted by Gasteiger charge is -2.18. The second-order valence-electron chi connectivity index (χ2n) is 18.1. The summed E-state index contributed by atoms with van der Waals surface area (Å²) >= 11 is 0. The van der Waals surface area contributed by atoms with Gasteiger partial charge in [-0.05, 0) is 103 Å². The minimum Gasteiger partial charge on any atom is -0.462 e. The standard InChI is InChI=1S/C59H102O6/c1-4-7-10-13-16-19-22-24-26-27-28-29-30-31-33-34-37-40-43-46-49-52-58(61)64-55-56(54-63-57(60)51-48-45-42-39-36-21-18-15-12-9-6-3)65-59(62)53-50-47-44-41-38-35-32-25-23-20-17-14-11-8-5-2/h8,11,15,17-18,20,24-26,32,38,41,56H,4-7,9-10,12-14,16,19,21-23,27-31,33-37,39-40,42-55H2,1-3H3/b11-8-,18-15-,20-17-,26-24-,32-25-,41-38-/t56-/m0/s1. The number of ether oxygens (including phenoxy) is 3. The molecule has 0 unspecified atom stereocenters. The molecule has 0 amide bonds. The van der Waals surface area contributed by atoms with Crippen LogP contribution in [-0.2, 0) is 28.6 Å². The van der Waals surface area contributed by atoms with Gasteiger partial charge in [-0.1, -0.05) is 216 Å². The highest BCUT2D eigenvalue weighted by Crippen LogP contribution is 2.15. The van der Waals surface area contributed by atoms with Crippen molar-refractivity contribution in [3.05, 3.63) is 72.9 Å². The summed E-state index contributed by atoms with van der Waals surface area (Å²) in [5, 5.41) is 0. The Labute approximate surface area is 402 Å². The van der Waals surface area contributed by atoms with Gasteiger partial charge in [0.25, 0.3) is 0 Å². The molecule has 0 N–H and O–H groups in total. The van der Waals surface area contributed by atoms with Gasteiger partial charge in [-0.15, -0.1) is 0 Å². The molecule has 0 aromatic heterocycles. The van der Waals surface area contributed by atoms with Crippen LogP contribution in [0.15, 0.2) is 72.9 Å². The molecule has 0 radical (unpaired) electrons. The Kier molecular flexibility index (Phi) is 50.9. The zero-order valence-electron chi connectivity index (χ0n) is 42.7. The highest BCUT2D eigenvalue weighted by molar-refractivity contribution is 5.71. The number of allylic oxidation sites excluding steroid dienone is 12.